The summed E-state index contributed by atoms with van der Waals surface area (Å²) in [6.07, 6.45) is 0. The molecule has 0 fully saturated rings. The summed E-state index contributed by atoms with van der Waals surface area (Å²) in [6, 6.07) is 8.17. The van der Waals surface area contributed by atoms with E-state index in [4.69, 9.17) is 4.74 Å². The van der Waals surface area contributed by atoms with Crippen LogP contribution in [-0.4, -0.2) is 7.11 Å². The second-order valence-corrected chi connectivity index (χ2v) is 3.11. The van der Waals surface area contributed by atoms with E-state index in [1.165, 1.54) is 23.9 Å². The molecule has 1 aromatic carbocycles. The topological polar surface area (TPSA) is 9.23 Å². The summed E-state index contributed by atoms with van der Waals surface area (Å²) in [5, 5.41) is 1.16. The quantitative estimate of drug-likeness (QED) is 0.608. The molecule has 0 spiro atoms. The second kappa shape index (κ2) is 5.73. The predicted octanol–water partition coefficient (Wildman–Crippen LogP) is -1.25. The molecule has 1 rings (SSSR count). The van der Waals surface area contributed by atoms with Gasteiger partial charge in [-0.25, -0.2) is 0 Å². The first kappa shape index (κ1) is 11.1. The van der Waals surface area contributed by atoms with Crippen molar-refractivity contribution in [3.8, 4) is 5.75 Å². The number of ether oxygens (including phenoxy) is 1. The summed E-state index contributed by atoms with van der Waals surface area (Å²) in [4.78, 5) is 0. The molecule has 0 aliphatic heterocycles. The minimum absolute atomic E-state index is 0. The number of methoxy groups -OCH3 is 1. The number of hydrogen-bond acceptors (Lipinski definition) is 1. The Bertz CT molecular complexity index is 192. The van der Waals surface area contributed by atoms with Crippen molar-refractivity contribution in [2.75, 3.05) is 7.11 Å². The van der Waals surface area contributed by atoms with E-state index >= 15 is 0 Å². The van der Waals surface area contributed by atoms with E-state index in [-0.39, 0.29) is 17.0 Å². The van der Waals surface area contributed by atoms with Gasteiger partial charge in [-0.05, 0) is 0 Å². The fraction of sp³-hybridized carbons (Fsp3) is 0.250. The number of rotatable bonds is 2. The zero-order chi connectivity index (χ0) is 7.40. The molecule has 0 bridgehead atoms. The summed E-state index contributed by atoms with van der Waals surface area (Å²) < 4.78 is 5.16. The first-order chi connectivity index (χ1) is 4.88. The Morgan fingerprint density at radius 2 is 2.00 bits per heavy atom. The van der Waals surface area contributed by atoms with Crippen LogP contribution >= 0.6 is 0 Å². The van der Waals surface area contributed by atoms with E-state index < -0.39 is 0 Å². The van der Waals surface area contributed by atoms with Crippen LogP contribution in [0.1, 0.15) is 5.56 Å². The largest absolute Gasteiger partial charge is 1.00 e. The van der Waals surface area contributed by atoms with Gasteiger partial charge in [0.15, 0.2) is 0 Å². The Hall–Kier alpha value is 0.123. The minimum Gasteiger partial charge on any atom is -1.00 e. The van der Waals surface area contributed by atoms with E-state index in [2.05, 4.69) is 6.07 Å². The van der Waals surface area contributed by atoms with Gasteiger partial charge >= 0.3 is 70.7 Å². The summed E-state index contributed by atoms with van der Waals surface area (Å²) in [5.74, 6) is 1.02. The van der Waals surface area contributed by atoms with Gasteiger partial charge in [0.1, 0.15) is 0 Å². The van der Waals surface area contributed by atoms with Crippen LogP contribution < -0.4 is 21.7 Å². The van der Waals surface area contributed by atoms with Gasteiger partial charge in [0.25, 0.3) is 0 Å². The SMILES string of the molecule is COc1ccccc1[CH2][Zn+].[Br-]. The molecule has 0 N–H and O–H groups in total. The third kappa shape index (κ3) is 2.92. The summed E-state index contributed by atoms with van der Waals surface area (Å²) >= 11 is 1.29. The zero-order valence-corrected chi connectivity index (χ0v) is 11.1. The Kier molecular flexibility index (Phi) is 5.80. The van der Waals surface area contributed by atoms with Gasteiger partial charge in [-0.2, -0.15) is 0 Å². The summed E-state index contributed by atoms with van der Waals surface area (Å²) in [6.45, 7) is 0. The minimum atomic E-state index is 0. The number of hydrogen-bond donors (Lipinski definition) is 0. The molecule has 0 amide bonds. The Labute approximate surface area is 87.6 Å². The van der Waals surface area contributed by atoms with Gasteiger partial charge < -0.3 is 17.0 Å². The van der Waals surface area contributed by atoms with Gasteiger partial charge in [0.2, 0.25) is 0 Å². The molecule has 11 heavy (non-hydrogen) atoms. The zero-order valence-electron chi connectivity index (χ0n) is 6.51. The maximum Gasteiger partial charge on any atom is -1.00 e. The molecule has 0 aliphatic carbocycles. The smallest absolute Gasteiger partial charge is 1.00 e. The third-order valence-electron chi connectivity index (χ3n) is 1.46. The van der Waals surface area contributed by atoms with Crippen molar-refractivity contribution in [2.24, 2.45) is 0 Å². The molecule has 0 saturated carbocycles. The van der Waals surface area contributed by atoms with Crippen LogP contribution in [-0.2, 0) is 23.3 Å². The van der Waals surface area contributed by atoms with E-state index in [1.807, 2.05) is 18.2 Å². The van der Waals surface area contributed by atoms with Crippen LogP contribution in [0.3, 0.4) is 0 Å². The van der Waals surface area contributed by atoms with Crippen molar-refractivity contribution < 1.29 is 40.0 Å². The average Bonchev–Trinajstić information content (AvgIpc) is 2.04. The van der Waals surface area contributed by atoms with Crippen LogP contribution in [0.25, 0.3) is 0 Å². The molecule has 56 valence electrons. The molecular formula is C8H9BrOZn. The molecule has 1 aromatic rings. The van der Waals surface area contributed by atoms with Crippen LogP contribution in [0.4, 0.5) is 0 Å². The molecule has 3 heteroatoms. The van der Waals surface area contributed by atoms with Gasteiger partial charge in [0.05, 0.1) is 0 Å². The molecule has 0 radical (unpaired) electrons. The van der Waals surface area contributed by atoms with Crippen LogP contribution in [0.15, 0.2) is 24.3 Å². The standard InChI is InChI=1S/C8H9O.BrH.Zn/c1-7-5-3-4-6-8(7)9-2;;/h3-6H,1H2,2H3;1H;/q;;+1/p-1. The van der Waals surface area contributed by atoms with Crippen molar-refractivity contribution >= 4 is 0 Å². The maximum atomic E-state index is 5.16. The average molecular weight is 266 g/mol. The van der Waals surface area contributed by atoms with Gasteiger partial charge in [-0.15, -0.1) is 0 Å². The van der Waals surface area contributed by atoms with Crippen LogP contribution in [0.2, 0.25) is 0 Å². The molecule has 0 aliphatic rings. The molecule has 1 nitrogen and oxygen atoms in total. The van der Waals surface area contributed by atoms with E-state index in [1.54, 1.807) is 7.11 Å². The molecule has 0 saturated heterocycles. The third-order valence-corrected chi connectivity index (χ3v) is 2.59. The van der Waals surface area contributed by atoms with Crippen LogP contribution in [0, 0.1) is 0 Å². The fourth-order valence-electron chi connectivity index (χ4n) is 0.910. The van der Waals surface area contributed by atoms with Crippen molar-refractivity contribution in [3.05, 3.63) is 29.8 Å². The first-order valence-corrected chi connectivity index (χ1v) is 5.39. The second-order valence-electron chi connectivity index (χ2n) is 2.06. The first-order valence-electron chi connectivity index (χ1n) is 3.29. The Morgan fingerprint density at radius 3 is 2.45 bits per heavy atom. The van der Waals surface area contributed by atoms with E-state index in [0.717, 1.165) is 10.8 Å². The molecular weight excluding hydrogens is 257 g/mol. The van der Waals surface area contributed by atoms with E-state index in [0.29, 0.717) is 0 Å². The molecule has 0 aromatic heterocycles. The van der Waals surface area contributed by atoms with Crippen LogP contribution in [0.5, 0.6) is 5.75 Å². The van der Waals surface area contributed by atoms with Gasteiger partial charge in [-0.3, -0.25) is 0 Å². The predicted molar refractivity (Wildman–Crippen MR) is 36.7 cm³/mol. The maximum absolute atomic E-state index is 5.16. The van der Waals surface area contributed by atoms with Crippen molar-refractivity contribution in [1.29, 1.82) is 0 Å². The van der Waals surface area contributed by atoms with Crippen molar-refractivity contribution in [2.45, 2.75) is 5.02 Å². The Morgan fingerprint density at radius 1 is 1.36 bits per heavy atom. The number of para-hydroxylation sites is 1. The molecule has 0 unspecified atom stereocenters. The van der Waals surface area contributed by atoms with Gasteiger partial charge in [0, 0.05) is 0 Å². The normalized spacial score (nSPS) is 8.64. The number of benzene rings is 1. The Balaban J connectivity index is 0.000001000. The van der Waals surface area contributed by atoms with E-state index in [9.17, 15) is 0 Å². The van der Waals surface area contributed by atoms with Gasteiger partial charge in [-0.1, -0.05) is 0 Å². The molecule has 0 heterocycles. The fourth-order valence-corrected chi connectivity index (χ4v) is 1.78. The molecule has 0 atom stereocenters. The number of halogens is 1. The van der Waals surface area contributed by atoms with Crippen molar-refractivity contribution in [3.63, 3.8) is 0 Å². The summed E-state index contributed by atoms with van der Waals surface area (Å²) in [5.41, 5.74) is 1.32. The van der Waals surface area contributed by atoms with Crippen molar-refractivity contribution in [1.82, 2.24) is 0 Å². The summed E-state index contributed by atoms with van der Waals surface area (Å²) in [7, 11) is 1.72. The monoisotopic (exact) mass is 264 g/mol.